The van der Waals surface area contributed by atoms with E-state index in [4.69, 9.17) is 11.5 Å². The van der Waals surface area contributed by atoms with Gasteiger partial charge in [0.1, 0.15) is 0 Å². The number of primary amides is 1. The predicted octanol–water partition coefficient (Wildman–Crippen LogP) is 0.955. The fraction of sp³-hybridized carbons (Fsp3) is 0.500. The Morgan fingerprint density at radius 1 is 1.44 bits per heavy atom. The number of nitrogens with zero attached hydrogens (tertiary/aromatic N) is 1. The van der Waals surface area contributed by atoms with Gasteiger partial charge >= 0.3 is 0 Å². The first-order valence-electron chi connectivity index (χ1n) is 6.43. The number of benzene rings is 1. The molecule has 1 saturated heterocycles. The molecule has 1 fully saturated rings. The van der Waals surface area contributed by atoms with Crippen molar-refractivity contribution >= 4 is 5.91 Å². The lowest BCUT2D eigenvalue weighted by Crippen LogP contribution is -2.28. The second kappa shape index (κ2) is 5.50. The van der Waals surface area contributed by atoms with Crippen molar-refractivity contribution in [3.05, 3.63) is 35.4 Å². The molecular formula is C14H21N3O. The lowest BCUT2D eigenvalue weighted by molar-refractivity contribution is 0.0998. The van der Waals surface area contributed by atoms with Crippen molar-refractivity contribution in [1.82, 2.24) is 4.90 Å². The summed E-state index contributed by atoms with van der Waals surface area (Å²) in [6.45, 7) is 4.72. The topological polar surface area (TPSA) is 72.3 Å². The average Bonchev–Trinajstić information content (AvgIpc) is 2.71. The first-order chi connectivity index (χ1) is 8.61. The van der Waals surface area contributed by atoms with Crippen LogP contribution in [0.5, 0.6) is 0 Å². The summed E-state index contributed by atoms with van der Waals surface area (Å²) < 4.78 is 0. The highest BCUT2D eigenvalue weighted by Crippen LogP contribution is 2.24. The first-order valence-corrected chi connectivity index (χ1v) is 6.43. The standard InChI is InChI=1S/C14H21N3O/c1-10-6-11(7-15)8-17(10)9-12-4-2-3-5-13(12)14(16)18/h2-5,10-11H,6-9,15H2,1H3,(H2,16,18). The van der Waals surface area contributed by atoms with Crippen LogP contribution in [-0.2, 0) is 6.54 Å². The summed E-state index contributed by atoms with van der Waals surface area (Å²) >= 11 is 0. The number of hydrogen-bond donors (Lipinski definition) is 2. The molecule has 4 nitrogen and oxygen atoms in total. The van der Waals surface area contributed by atoms with Crippen LogP contribution in [-0.4, -0.2) is 29.9 Å². The predicted molar refractivity (Wildman–Crippen MR) is 72.0 cm³/mol. The SMILES string of the molecule is CC1CC(CN)CN1Cc1ccccc1C(N)=O. The molecule has 0 aromatic heterocycles. The zero-order chi connectivity index (χ0) is 13.1. The van der Waals surface area contributed by atoms with Crippen LogP contribution in [0, 0.1) is 5.92 Å². The molecule has 18 heavy (non-hydrogen) atoms. The van der Waals surface area contributed by atoms with E-state index in [0.29, 0.717) is 17.5 Å². The van der Waals surface area contributed by atoms with Crippen LogP contribution in [0.1, 0.15) is 29.3 Å². The summed E-state index contributed by atoms with van der Waals surface area (Å²) in [6, 6.07) is 8.07. The number of nitrogens with two attached hydrogens (primary N) is 2. The van der Waals surface area contributed by atoms with Gasteiger partial charge in [0.05, 0.1) is 0 Å². The van der Waals surface area contributed by atoms with Gasteiger partial charge in [-0.15, -0.1) is 0 Å². The minimum absolute atomic E-state index is 0.354. The van der Waals surface area contributed by atoms with Crippen molar-refractivity contribution < 1.29 is 4.79 Å². The number of rotatable bonds is 4. The highest BCUT2D eigenvalue weighted by Gasteiger charge is 2.28. The van der Waals surface area contributed by atoms with E-state index in [1.54, 1.807) is 6.07 Å². The Morgan fingerprint density at radius 2 is 2.17 bits per heavy atom. The molecule has 1 heterocycles. The molecule has 2 rings (SSSR count). The average molecular weight is 247 g/mol. The van der Waals surface area contributed by atoms with E-state index < -0.39 is 0 Å². The summed E-state index contributed by atoms with van der Waals surface area (Å²) in [6.07, 6.45) is 1.13. The Kier molecular flexibility index (Phi) is 3.99. The van der Waals surface area contributed by atoms with E-state index in [1.807, 2.05) is 18.2 Å². The van der Waals surface area contributed by atoms with Gasteiger partial charge in [-0.2, -0.15) is 0 Å². The van der Waals surface area contributed by atoms with Crippen LogP contribution in [0.25, 0.3) is 0 Å². The summed E-state index contributed by atoms with van der Waals surface area (Å²) in [7, 11) is 0. The third-order valence-corrected chi connectivity index (χ3v) is 3.78. The largest absolute Gasteiger partial charge is 0.366 e. The lowest BCUT2D eigenvalue weighted by atomic mass is 10.1. The molecule has 2 atom stereocenters. The highest BCUT2D eigenvalue weighted by atomic mass is 16.1. The minimum Gasteiger partial charge on any atom is -0.366 e. The van der Waals surface area contributed by atoms with E-state index in [9.17, 15) is 4.79 Å². The molecule has 98 valence electrons. The number of carbonyl (C=O) groups excluding carboxylic acids is 1. The molecule has 1 aliphatic rings. The molecule has 1 aliphatic heterocycles. The van der Waals surface area contributed by atoms with Crippen LogP contribution < -0.4 is 11.5 Å². The van der Waals surface area contributed by atoms with Crippen molar-refractivity contribution in [3.8, 4) is 0 Å². The van der Waals surface area contributed by atoms with Crippen molar-refractivity contribution in [3.63, 3.8) is 0 Å². The van der Waals surface area contributed by atoms with Crippen molar-refractivity contribution in [2.75, 3.05) is 13.1 Å². The fourth-order valence-corrected chi connectivity index (χ4v) is 2.73. The Morgan fingerprint density at radius 3 is 2.78 bits per heavy atom. The summed E-state index contributed by atoms with van der Waals surface area (Å²) in [4.78, 5) is 13.8. The monoisotopic (exact) mass is 247 g/mol. The van der Waals surface area contributed by atoms with Crippen LogP contribution in [0.2, 0.25) is 0 Å². The molecule has 0 bridgehead atoms. The van der Waals surface area contributed by atoms with Gasteiger partial charge in [-0.25, -0.2) is 0 Å². The smallest absolute Gasteiger partial charge is 0.249 e. The van der Waals surface area contributed by atoms with Crippen molar-refractivity contribution in [2.24, 2.45) is 17.4 Å². The summed E-state index contributed by atoms with van der Waals surface area (Å²) in [5, 5.41) is 0. The molecule has 4 N–H and O–H groups in total. The van der Waals surface area contributed by atoms with E-state index in [-0.39, 0.29) is 5.91 Å². The van der Waals surface area contributed by atoms with Crippen LogP contribution >= 0.6 is 0 Å². The van der Waals surface area contributed by atoms with E-state index in [2.05, 4.69) is 11.8 Å². The van der Waals surface area contributed by atoms with Gasteiger partial charge in [0, 0.05) is 24.7 Å². The maximum absolute atomic E-state index is 11.4. The lowest BCUT2D eigenvalue weighted by Gasteiger charge is -2.22. The van der Waals surface area contributed by atoms with Crippen molar-refractivity contribution in [2.45, 2.75) is 25.9 Å². The van der Waals surface area contributed by atoms with Gasteiger partial charge in [0.15, 0.2) is 0 Å². The van der Waals surface area contributed by atoms with Crippen LogP contribution in [0.3, 0.4) is 0 Å². The molecule has 1 aromatic rings. The fourth-order valence-electron chi connectivity index (χ4n) is 2.73. The van der Waals surface area contributed by atoms with Gasteiger partial charge < -0.3 is 11.5 Å². The van der Waals surface area contributed by atoms with E-state index in [1.165, 1.54) is 0 Å². The first kappa shape index (κ1) is 13.1. The number of hydrogen-bond acceptors (Lipinski definition) is 3. The Balaban J connectivity index is 2.12. The summed E-state index contributed by atoms with van der Waals surface area (Å²) in [5.74, 6) is 0.216. The van der Waals surface area contributed by atoms with Crippen molar-refractivity contribution in [1.29, 1.82) is 0 Å². The molecule has 0 radical (unpaired) electrons. The van der Waals surface area contributed by atoms with Crippen LogP contribution in [0.15, 0.2) is 24.3 Å². The van der Waals surface area contributed by atoms with Gasteiger partial charge in [-0.05, 0) is 37.4 Å². The number of likely N-dealkylation sites (tertiary alicyclic amines) is 1. The quantitative estimate of drug-likeness (QED) is 0.832. The van der Waals surface area contributed by atoms with Gasteiger partial charge in [-0.1, -0.05) is 18.2 Å². The maximum Gasteiger partial charge on any atom is 0.249 e. The molecular weight excluding hydrogens is 226 g/mol. The zero-order valence-corrected chi connectivity index (χ0v) is 10.8. The summed E-state index contributed by atoms with van der Waals surface area (Å²) in [5.41, 5.74) is 12.8. The van der Waals surface area contributed by atoms with E-state index in [0.717, 1.165) is 31.6 Å². The third-order valence-electron chi connectivity index (χ3n) is 3.78. The highest BCUT2D eigenvalue weighted by molar-refractivity contribution is 5.94. The maximum atomic E-state index is 11.4. The minimum atomic E-state index is -0.354. The van der Waals surface area contributed by atoms with E-state index >= 15 is 0 Å². The molecule has 0 aliphatic carbocycles. The normalized spacial score (nSPS) is 24.3. The second-order valence-electron chi connectivity index (χ2n) is 5.14. The number of amides is 1. The molecule has 0 saturated carbocycles. The molecule has 0 spiro atoms. The number of carbonyl (C=O) groups is 1. The van der Waals surface area contributed by atoms with Crippen LogP contribution in [0.4, 0.5) is 0 Å². The molecule has 1 aromatic carbocycles. The molecule has 4 heteroatoms. The Labute approximate surface area is 108 Å². The Bertz CT molecular complexity index is 433. The zero-order valence-electron chi connectivity index (χ0n) is 10.8. The van der Waals surface area contributed by atoms with Gasteiger partial charge in [-0.3, -0.25) is 9.69 Å². The Hall–Kier alpha value is -1.39. The second-order valence-corrected chi connectivity index (χ2v) is 5.14. The molecule has 2 unspecified atom stereocenters. The van der Waals surface area contributed by atoms with Gasteiger partial charge in [0.2, 0.25) is 5.91 Å². The van der Waals surface area contributed by atoms with Gasteiger partial charge in [0.25, 0.3) is 0 Å². The third kappa shape index (κ3) is 2.71. The molecule has 1 amide bonds.